The van der Waals surface area contributed by atoms with Gasteiger partial charge in [-0.3, -0.25) is 4.79 Å². The third-order valence-electron chi connectivity index (χ3n) is 6.05. The number of halogens is 1. The Bertz CT molecular complexity index is 608. The van der Waals surface area contributed by atoms with Crippen molar-refractivity contribution in [1.29, 1.82) is 0 Å². The Morgan fingerprint density at radius 2 is 1.95 bits per heavy atom. The molecule has 3 fully saturated rings. The second kappa shape index (κ2) is 3.88. The molecule has 3 heteroatoms. The van der Waals surface area contributed by atoms with Gasteiger partial charge in [0.25, 0.3) is 0 Å². The van der Waals surface area contributed by atoms with E-state index in [2.05, 4.69) is 22.0 Å². The largest absolute Gasteiger partial charge is 0.492 e. The van der Waals surface area contributed by atoms with Crippen LogP contribution in [0.4, 0.5) is 0 Å². The summed E-state index contributed by atoms with van der Waals surface area (Å²) in [6.07, 6.45) is 5.05. The summed E-state index contributed by atoms with van der Waals surface area (Å²) in [5, 5.41) is 0. The summed E-state index contributed by atoms with van der Waals surface area (Å²) >= 11 is 3.54. The molecule has 1 aromatic carbocycles. The molecule has 20 heavy (non-hydrogen) atoms. The van der Waals surface area contributed by atoms with E-state index in [-0.39, 0.29) is 0 Å². The summed E-state index contributed by atoms with van der Waals surface area (Å²) in [7, 11) is 0. The normalized spacial score (nSPS) is 39.4. The summed E-state index contributed by atoms with van der Waals surface area (Å²) in [5.41, 5.74) is 2.03. The van der Waals surface area contributed by atoms with Crippen LogP contribution in [0.3, 0.4) is 0 Å². The number of hydrogen-bond donors (Lipinski definition) is 0. The van der Waals surface area contributed by atoms with Gasteiger partial charge in [-0.2, -0.15) is 0 Å². The lowest BCUT2D eigenvalue weighted by atomic mass is 9.95. The quantitative estimate of drug-likeness (QED) is 0.769. The summed E-state index contributed by atoms with van der Waals surface area (Å²) in [5.74, 6) is 4.64. The molecule has 5 rings (SSSR count). The third-order valence-corrected chi connectivity index (χ3v) is 6.51. The van der Waals surface area contributed by atoms with Gasteiger partial charge in [0.15, 0.2) is 5.78 Å². The van der Waals surface area contributed by atoms with Crippen molar-refractivity contribution in [2.75, 3.05) is 6.61 Å². The maximum Gasteiger partial charge on any atom is 0.170 e. The molecule has 2 nitrogen and oxygen atoms in total. The van der Waals surface area contributed by atoms with Gasteiger partial charge in [0.1, 0.15) is 5.75 Å². The zero-order valence-corrected chi connectivity index (χ0v) is 12.9. The van der Waals surface area contributed by atoms with E-state index in [0.29, 0.717) is 23.5 Å². The Morgan fingerprint density at radius 1 is 1.20 bits per heavy atom. The van der Waals surface area contributed by atoms with Crippen molar-refractivity contribution >= 4 is 21.7 Å². The van der Waals surface area contributed by atoms with Crippen LogP contribution in [0, 0.1) is 29.6 Å². The van der Waals surface area contributed by atoms with Crippen LogP contribution in [-0.4, -0.2) is 12.4 Å². The number of fused-ring (bicyclic) bond motifs is 6. The van der Waals surface area contributed by atoms with Crippen molar-refractivity contribution in [3.63, 3.8) is 0 Å². The van der Waals surface area contributed by atoms with Crippen molar-refractivity contribution in [3.05, 3.63) is 27.7 Å². The van der Waals surface area contributed by atoms with Crippen LogP contribution in [0.1, 0.15) is 35.2 Å². The number of ether oxygens (including phenoxy) is 1. The highest BCUT2D eigenvalue weighted by atomic mass is 79.9. The van der Waals surface area contributed by atoms with Gasteiger partial charge < -0.3 is 4.74 Å². The average Bonchev–Trinajstić information content (AvgIpc) is 2.84. The molecule has 4 atom stereocenters. The van der Waals surface area contributed by atoms with Gasteiger partial charge in [0.2, 0.25) is 0 Å². The van der Waals surface area contributed by atoms with E-state index in [1.54, 1.807) is 0 Å². The average molecular weight is 333 g/mol. The van der Waals surface area contributed by atoms with Crippen molar-refractivity contribution in [2.24, 2.45) is 29.6 Å². The summed E-state index contributed by atoms with van der Waals surface area (Å²) in [6, 6.07) is 4.07. The minimum absolute atomic E-state index is 0.309. The van der Waals surface area contributed by atoms with E-state index in [1.165, 1.54) is 24.8 Å². The fraction of sp³-hybridized carbons (Fsp3) is 0.588. The van der Waals surface area contributed by atoms with Crippen LogP contribution >= 0.6 is 15.9 Å². The fourth-order valence-corrected chi connectivity index (χ4v) is 5.81. The molecule has 1 aromatic rings. The topological polar surface area (TPSA) is 26.3 Å². The Morgan fingerprint density at radius 3 is 2.70 bits per heavy atom. The minimum Gasteiger partial charge on any atom is -0.492 e. The van der Waals surface area contributed by atoms with E-state index in [0.717, 1.165) is 40.6 Å². The zero-order chi connectivity index (χ0) is 13.4. The highest BCUT2D eigenvalue weighted by Crippen LogP contribution is 2.70. The number of hydrogen-bond acceptors (Lipinski definition) is 2. The molecule has 1 aliphatic heterocycles. The molecule has 1 heterocycles. The number of benzene rings is 1. The molecule has 0 spiro atoms. The lowest BCUT2D eigenvalue weighted by Crippen LogP contribution is -2.11. The Balaban J connectivity index is 1.51. The monoisotopic (exact) mass is 332 g/mol. The van der Waals surface area contributed by atoms with Crippen molar-refractivity contribution in [1.82, 2.24) is 0 Å². The van der Waals surface area contributed by atoms with Gasteiger partial charge in [-0.1, -0.05) is 15.9 Å². The Labute approximate surface area is 127 Å². The number of rotatable bonds is 2. The summed E-state index contributed by atoms with van der Waals surface area (Å²) in [6.45, 7) is 0.717. The van der Waals surface area contributed by atoms with E-state index < -0.39 is 0 Å². The number of Topliss-reactive ketones (excluding diaryl/α,β-unsaturated/α-hetero) is 1. The molecule has 0 N–H and O–H groups in total. The van der Waals surface area contributed by atoms with Gasteiger partial charge in [-0.15, -0.1) is 0 Å². The van der Waals surface area contributed by atoms with Crippen molar-refractivity contribution in [2.45, 2.75) is 25.7 Å². The molecule has 0 saturated heterocycles. The maximum absolute atomic E-state index is 13.0. The van der Waals surface area contributed by atoms with Crippen LogP contribution in [0.5, 0.6) is 5.75 Å². The first-order valence-corrected chi connectivity index (χ1v) is 8.53. The van der Waals surface area contributed by atoms with Crippen LogP contribution < -0.4 is 4.74 Å². The highest BCUT2D eigenvalue weighted by molar-refractivity contribution is 9.10. The van der Waals surface area contributed by atoms with Gasteiger partial charge in [0, 0.05) is 16.8 Å². The molecular weight excluding hydrogens is 316 g/mol. The molecule has 2 bridgehead atoms. The molecule has 4 unspecified atom stereocenters. The van der Waals surface area contributed by atoms with Crippen LogP contribution in [0.2, 0.25) is 0 Å². The third kappa shape index (κ3) is 1.42. The van der Waals surface area contributed by atoms with Crippen molar-refractivity contribution < 1.29 is 9.53 Å². The van der Waals surface area contributed by atoms with Crippen molar-refractivity contribution in [3.8, 4) is 5.75 Å². The molecule has 3 saturated carbocycles. The minimum atomic E-state index is 0.309. The van der Waals surface area contributed by atoms with E-state index in [9.17, 15) is 4.79 Å². The zero-order valence-electron chi connectivity index (χ0n) is 11.3. The summed E-state index contributed by atoms with van der Waals surface area (Å²) in [4.78, 5) is 13.0. The van der Waals surface area contributed by atoms with E-state index in [4.69, 9.17) is 4.74 Å². The molecule has 4 aliphatic rings. The summed E-state index contributed by atoms with van der Waals surface area (Å²) < 4.78 is 6.75. The van der Waals surface area contributed by atoms with E-state index in [1.807, 2.05) is 6.07 Å². The molecule has 0 radical (unpaired) electrons. The Kier molecular flexibility index (Phi) is 2.29. The first-order chi connectivity index (χ1) is 9.74. The SMILES string of the molecule is O=C(c1cc(Br)cc2c1OCC2)C1C2C3CCC(C3)C12. The lowest BCUT2D eigenvalue weighted by Gasteiger charge is -2.11. The van der Waals surface area contributed by atoms with Gasteiger partial charge in [0.05, 0.1) is 12.2 Å². The first kappa shape index (κ1) is 11.8. The fourth-order valence-electron chi connectivity index (χ4n) is 5.31. The lowest BCUT2D eigenvalue weighted by molar-refractivity contribution is 0.0941. The number of carbonyl (C=O) groups is 1. The second-order valence-corrected chi connectivity index (χ2v) is 7.83. The van der Waals surface area contributed by atoms with Gasteiger partial charge >= 0.3 is 0 Å². The molecule has 3 aliphatic carbocycles. The molecular formula is C17H17BrO2. The predicted molar refractivity (Wildman–Crippen MR) is 79.0 cm³/mol. The highest BCUT2D eigenvalue weighted by Gasteiger charge is 2.67. The smallest absolute Gasteiger partial charge is 0.170 e. The first-order valence-electron chi connectivity index (χ1n) is 7.73. The molecule has 104 valence electrons. The Hall–Kier alpha value is -0.830. The molecule has 0 aromatic heterocycles. The van der Waals surface area contributed by atoms with Crippen LogP contribution in [0.25, 0.3) is 0 Å². The maximum atomic E-state index is 13.0. The van der Waals surface area contributed by atoms with Gasteiger partial charge in [-0.05, 0) is 60.6 Å². The predicted octanol–water partition coefficient (Wildman–Crippen LogP) is 3.86. The molecule has 0 amide bonds. The second-order valence-electron chi connectivity index (χ2n) is 6.92. The van der Waals surface area contributed by atoms with Gasteiger partial charge in [-0.25, -0.2) is 0 Å². The van der Waals surface area contributed by atoms with Crippen LogP contribution in [-0.2, 0) is 6.42 Å². The van der Waals surface area contributed by atoms with Crippen LogP contribution in [0.15, 0.2) is 16.6 Å². The number of ketones is 1. The standard InChI is InChI=1S/C17H17BrO2/c18-11-6-10-3-4-20-17(10)12(7-11)16(19)15-13-8-1-2-9(5-8)14(13)15/h6-9,13-15H,1-5H2. The van der Waals surface area contributed by atoms with E-state index >= 15 is 0 Å². The number of carbonyl (C=O) groups excluding carboxylic acids is 1.